The Morgan fingerprint density at radius 2 is 2.12 bits per heavy atom. The van der Waals surface area contributed by atoms with Crippen LogP contribution >= 0.6 is 0 Å². The van der Waals surface area contributed by atoms with E-state index >= 15 is 0 Å². The van der Waals surface area contributed by atoms with Crippen LogP contribution in [0.2, 0.25) is 0 Å². The van der Waals surface area contributed by atoms with Crippen LogP contribution in [-0.2, 0) is 11.2 Å². The van der Waals surface area contributed by atoms with E-state index in [1.807, 2.05) is 6.07 Å². The predicted molar refractivity (Wildman–Crippen MR) is 65.9 cm³/mol. The van der Waals surface area contributed by atoms with Gasteiger partial charge in [0.05, 0.1) is 6.61 Å². The van der Waals surface area contributed by atoms with Crippen LogP contribution in [0.1, 0.15) is 38.2 Å². The molecule has 1 aromatic rings. The average Bonchev–Trinajstić information content (AvgIpc) is 2.29. The number of nitrogens with zero attached hydrogens (tertiary/aromatic N) is 2. The van der Waals surface area contributed by atoms with Crippen LogP contribution in [0.4, 0.5) is 5.82 Å². The van der Waals surface area contributed by atoms with Crippen molar-refractivity contribution < 1.29 is 4.74 Å². The number of nitrogens with one attached hydrogen (secondary N) is 1. The average molecular weight is 223 g/mol. The van der Waals surface area contributed by atoms with Gasteiger partial charge < -0.3 is 10.1 Å². The Labute approximate surface area is 97.5 Å². The van der Waals surface area contributed by atoms with Crippen molar-refractivity contribution in [1.29, 1.82) is 0 Å². The van der Waals surface area contributed by atoms with E-state index in [9.17, 15) is 0 Å². The number of anilines is 1. The molecule has 1 rings (SSSR count). The Hall–Kier alpha value is -1.16. The number of rotatable bonds is 6. The molecular formula is C12H21N3O. The van der Waals surface area contributed by atoms with Gasteiger partial charge in [-0.25, -0.2) is 9.97 Å². The summed E-state index contributed by atoms with van der Waals surface area (Å²) in [5.41, 5.74) is 1.07. The first-order chi connectivity index (χ1) is 7.71. The number of hydrogen-bond acceptors (Lipinski definition) is 4. The van der Waals surface area contributed by atoms with E-state index in [-0.39, 0.29) is 5.92 Å². The van der Waals surface area contributed by atoms with E-state index in [4.69, 9.17) is 4.74 Å². The molecule has 0 bridgehead atoms. The summed E-state index contributed by atoms with van der Waals surface area (Å²) in [5, 5.41) is 3.23. The molecule has 16 heavy (non-hydrogen) atoms. The third-order valence-corrected chi connectivity index (χ3v) is 2.37. The van der Waals surface area contributed by atoms with Gasteiger partial charge in [-0.05, 0) is 13.3 Å². The van der Waals surface area contributed by atoms with Gasteiger partial charge in [-0.3, -0.25) is 0 Å². The number of ether oxygens (including phenoxy) is 1. The molecule has 1 N–H and O–H groups in total. The summed E-state index contributed by atoms with van der Waals surface area (Å²) in [6.07, 6.45) is 0.924. The normalized spacial score (nSPS) is 12.5. The van der Waals surface area contributed by atoms with Crippen molar-refractivity contribution >= 4 is 5.82 Å². The van der Waals surface area contributed by atoms with Gasteiger partial charge in [-0.1, -0.05) is 13.8 Å². The first-order valence-electron chi connectivity index (χ1n) is 5.81. The van der Waals surface area contributed by atoms with E-state index in [2.05, 4.69) is 36.1 Å². The molecule has 0 saturated heterocycles. The lowest BCUT2D eigenvalue weighted by Gasteiger charge is -2.12. The van der Waals surface area contributed by atoms with Crippen molar-refractivity contribution in [3.8, 4) is 0 Å². The zero-order valence-corrected chi connectivity index (χ0v) is 10.6. The highest BCUT2D eigenvalue weighted by atomic mass is 16.5. The minimum absolute atomic E-state index is 0.230. The van der Waals surface area contributed by atoms with Crippen molar-refractivity contribution in [3.05, 3.63) is 17.6 Å². The van der Waals surface area contributed by atoms with Gasteiger partial charge in [0.2, 0.25) is 0 Å². The summed E-state index contributed by atoms with van der Waals surface area (Å²) in [5.74, 6) is 2.00. The summed E-state index contributed by atoms with van der Waals surface area (Å²) < 4.78 is 5.13. The van der Waals surface area contributed by atoms with Gasteiger partial charge >= 0.3 is 0 Å². The maximum atomic E-state index is 5.13. The standard InChI is InChI=1S/C12H21N3O/c1-5-10-7-11(13-6-2)15-12(14-10)9(3)8-16-4/h7,9H,5-6,8H2,1-4H3,(H,13,14,15). The lowest BCUT2D eigenvalue weighted by atomic mass is 10.1. The van der Waals surface area contributed by atoms with Gasteiger partial charge in [-0.2, -0.15) is 0 Å². The minimum atomic E-state index is 0.230. The van der Waals surface area contributed by atoms with Crippen LogP contribution in [0.25, 0.3) is 0 Å². The molecule has 1 aromatic heterocycles. The molecule has 0 saturated carbocycles. The molecule has 1 atom stereocenters. The second-order valence-corrected chi connectivity index (χ2v) is 3.84. The Morgan fingerprint density at radius 3 is 2.69 bits per heavy atom. The number of methoxy groups -OCH3 is 1. The SMILES string of the molecule is CCNc1cc(CC)nc(C(C)COC)n1. The Balaban J connectivity index is 2.93. The highest BCUT2D eigenvalue weighted by Gasteiger charge is 2.10. The highest BCUT2D eigenvalue weighted by molar-refractivity contribution is 5.36. The van der Waals surface area contributed by atoms with E-state index in [1.54, 1.807) is 7.11 Å². The zero-order chi connectivity index (χ0) is 12.0. The molecule has 0 radical (unpaired) electrons. The third-order valence-electron chi connectivity index (χ3n) is 2.37. The van der Waals surface area contributed by atoms with Crippen molar-refractivity contribution in [1.82, 2.24) is 9.97 Å². The molecular weight excluding hydrogens is 202 g/mol. The quantitative estimate of drug-likeness (QED) is 0.803. The molecule has 0 aromatic carbocycles. The summed E-state index contributed by atoms with van der Waals surface area (Å²) in [6, 6.07) is 2.01. The van der Waals surface area contributed by atoms with Crippen molar-refractivity contribution in [2.24, 2.45) is 0 Å². The molecule has 0 aliphatic heterocycles. The molecule has 0 aliphatic rings. The maximum absolute atomic E-state index is 5.13. The molecule has 0 aliphatic carbocycles. The van der Waals surface area contributed by atoms with Crippen LogP contribution in [-0.4, -0.2) is 30.2 Å². The monoisotopic (exact) mass is 223 g/mol. The van der Waals surface area contributed by atoms with Crippen LogP contribution < -0.4 is 5.32 Å². The summed E-state index contributed by atoms with van der Waals surface area (Å²) in [4.78, 5) is 9.01. The van der Waals surface area contributed by atoms with Gasteiger partial charge in [0.1, 0.15) is 11.6 Å². The zero-order valence-electron chi connectivity index (χ0n) is 10.6. The fourth-order valence-electron chi connectivity index (χ4n) is 1.52. The van der Waals surface area contributed by atoms with Crippen molar-refractivity contribution in [2.45, 2.75) is 33.1 Å². The molecule has 4 heteroatoms. The van der Waals surface area contributed by atoms with Gasteiger partial charge in [0.25, 0.3) is 0 Å². The lowest BCUT2D eigenvalue weighted by molar-refractivity contribution is 0.181. The topological polar surface area (TPSA) is 47.0 Å². The lowest BCUT2D eigenvalue weighted by Crippen LogP contribution is -2.11. The summed E-state index contributed by atoms with van der Waals surface area (Å²) >= 11 is 0. The maximum Gasteiger partial charge on any atom is 0.136 e. The van der Waals surface area contributed by atoms with Crippen LogP contribution in [0.15, 0.2) is 6.07 Å². The van der Waals surface area contributed by atoms with E-state index in [0.29, 0.717) is 6.61 Å². The Bertz CT molecular complexity index is 328. The molecule has 90 valence electrons. The predicted octanol–water partition coefficient (Wildman–Crippen LogP) is 2.22. The van der Waals surface area contributed by atoms with E-state index in [1.165, 1.54) is 0 Å². The van der Waals surface area contributed by atoms with E-state index in [0.717, 1.165) is 30.3 Å². The largest absolute Gasteiger partial charge is 0.384 e. The number of aromatic nitrogens is 2. The van der Waals surface area contributed by atoms with Gasteiger partial charge in [0, 0.05) is 31.3 Å². The van der Waals surface area contributed by atoms with Crippen LogP contribution in [0.3, 0.4) is 0 Å². The van der Waals surface area contributed by atoms with Crippen molar-refractivity contribution in [3.63, 3.8) is 0 Å². The van der Waals surface area contributed by atoms with Crippen LogP contribution in [0, 0.1) is 0 Å². The number of hydrogen-bond donors (Lipinski definition) is 1. The molecule has 1 heterocycles. The second-order valence-electron chi connectivity index (χ2n) is 3.84. The third kappa shape index (κ3) is 3.45. The second kappa shape index (κ2) is 6.43. The fraction of sp³-hybridized carbons (Fsp3) is 0.667. The fourth-order valence-corrected chi connectivity index (χ4v) is 1.52. The van der Waals surface area contributed by atoms with Gasteiger partial charge in [0.15, 0.2) is 0 Å². The molecule has 1 unspecified atom stereocenters. The molecule has 0 spiro atoms. The van der Waals surface area contributed by atoms with Crippen molar-refractivity contribution in [2.75, 3.05) is 25.6 Å². The Kier molecular flexibility index (Phi) is 5.19. The molecule has 0 amide bonds. The van der Waals surface area contributed by atoms with Gasteiger partial charge in [-0.15, -0.1) is 0 Å². The van der Waals surface area contributed by atoms with Crippen LogP contribution in [0.5, 0.6) is 0 Å². The molecule has 0 fully saturated rings. The molecule has 4 nitrogen and oxygen atoms in total. The first kappa shape index (κ1) is 12.9. The smallest absolute Gasteiger partial charge is 0.136 e. The highest BCUT2D eigenvalue weighted by Crippen LogP contribution is 2.15. The summed E-state index contributed by atoms with van der Waals surface area (Å²) in [6.45, 7) is 7.76. The number of aryl methyl sites for hydroxylation is 1. The van der Waals surface area contributed by atoms with E-state index < -0.39 is 0 Å². The first-order valence-corrected chi connectivity index (χ1v) is 5.81. The summed E-state index contributed by atoms with van der Waals surface area (Å²) in [7, 11) is 1.70. The minimum Gasteiger partial charge on any atom is -0.384 e. The Morgan fingerprint density at radius 1 is 1.38 bits per heavy atom.